The summed E-state index contributed by atoms with van der Waals surface area (Å²) in [6.45, 7) is 1.96. The van der Waals surface area contributed by atoms with Gasteiger partial charge in [0.05, 0.1) is 7.11 Å². The zero-order valence-corrected chi connectivity index (χ0v) is 12.3. The van der Waals surface area contributed by atoms with Crippen LogP contribution in [0.5, 0.6) is 0 Å². The van der Waals surface area contributed by atoms with Gasteiger partial charge >= 0.3 is 18.0 Å². The molecule has 0 heterocycles. The number of urea groups is 1. The lowest BCUT2D eigenvalue weighted by molar-refractivity contribution is -0.142. The number of amides is 2. The molecule has 1 unspecified atom stereocenters. The number of ether oxygens (including phenoxy) is 1. The van der Waals surface area contributed by atoms with Gasteiger partial charge in [0.15, 0.2) is 0 Å². The van der Waals surface area contributed by atoms with E-state index in [9.17, 15) is 18.6 Å². The van der Waals surface area contributed by atoms with E-state index in [2.05, 4.69) is 15.4 Å². The Hall–Kier alpha value is -1.64. The highest BCUT2D eigenvalue weighted by molar-refractivity contribution is 7.84. The normalized spacial score (nSPS) is 13.1. The summed E-state index contributed by atoms with van der Waals surface area (Å²) in [7, 11) is 0.205. The number of carbonyl (C=O) groups is 3. The van der Waals surface area contributed by atoms with Crippen molar-refractivity contribution in [2.24, 2.45) is 0 Å². The molecule has 0 aliphatic rings. The van der Waals surface area contributed by atoms with Crippen LogP contribution < -0.4 is 10.6 Å². The second kappa shape index (κ2) is 10.2. The van der Waals surface area contributed by atoms with Gasteiger partial charge in [0.2, 0.25) is 0 Å². The van der Waals surface area contributed by atoms with Crippen LogP contribution >= 0.6 is 0 Å². The first kappa shape index (κ1) is 18.4. The Kier molecular flexibility index (Phi) is 9.35. The number of hydrogen-bond acceptors (Lipinski definition) is 5. The molecule has 9 heteroatoms. The highest BCUT2D eigenvalue weighted by Crippen LogP contribution is 1.99. The van der Waals surface area contributed by atoms with Crippen molar-refractivity contribution in [3.8, 4) is 0 Å². The number of carboxylic acids is 1. The summed E-state index contributed by atoms with van der Waals surface area (Å²) in [5, 5.41) is 13.6. The van der Waals surface area contributed by atoms with Crippen molar-refractivity contribution in [2.45, 2.75) is 25.8 Å². The summed E-state index contributed by atoms with van der Waals surface area (Å²) in [6.07, 6.45) is -0.163. The van der Waals surface area contributed by atoms with Crippen LogP contribution in [0.4, 0.5) is 4.79 Å². The molecular weight excluding hydrogens is 288 g/mol. The molecule has 2 atom stereocenters. The minimum absolute atomic E-state index is 0.0592. The number of hydrogen-bond donors (Lipinski definition) is 3. The fourth-order valence-electron chi connectivity index (χ4n) is 1.25. The van der Waals surface area contributed by atoms with Crippen molar-refractivity contribution in [3.05, 3.63) is 0 Å². The number of aliphatic carboxylic acids is 1. The van der Waals surface area contributed by atoms with Crippen LogP contribution in [0.2, 0.25) is 0 Å². The number of esters is 1. The fraction of sp³-hybridized carbons (Fsp3) is 0.727. The molecule has 0 radical (unpaired) electrons. The van der Waals surface area contributed by atoms with Gasteiger partial charge in [-0.2, -0.15) is 0 Å². The van der Waals surface area contributed by atoms with Crippen molar-refractivity contribution < 1.29 is 28.4 Å². The third-order valence-corrected chi connectivity index (χ3v) is 3.71. The molecule has 0 rings (SSSR count). The Morgan fingerprint density at radius 2 is 2.00 bits per heavy atom. The van der Waals surface area contributed by atoms with E-state index in [1.807, 2.05) is 0 Å². The number of methoxy groups -OCH3 is 1. The van der Waals surface area contributed by atoms with Crippen LogP contribution in [0, 0.1) is 0 Å². The van der Waals surface area contributed by atoms with Gasteiger partial charge in [-0.15, -0.1) is 0 Å². The van der Waals surface area contributed by atoms with Crippen LogP contribution in [-0.4, -0.2) is 58.5 Å². The Morgan fingerprint density at radius 1 is 1.35 bits per heavy atom. The smallest absolute Gasteiger partial charge is 0.326 e. The lowest BCUT2D eigenvalue weighted by Crippen LogP contribution is -2.47. The SMILES string of the molecule is CCS(=O)CCNC(=O)N[C@H](CCC(=O)OC)C(=O)O. The van der Waals surface area contributed by atoms with Crippen molar-refractivity contribution in [3.63, 3.8) is 0 Å². The van der Waals surface area contributed by atoms with Crippen molar-refractivity contribution in [2.75, 3.05) is 25.2 Å². The topological polar surface area (TPSA) is 122 Å². The summed E-state index contributed by atoms with van der Waals surface area (Å²) in [4.78, 5) is 33.3. The number of carbonyl (C=O) groups excluding carboxylic acids is 2. The van der Waals surface area contributed by atoms with Gasteiger partial charge in [-0.3, -0.25) is 9.00 Å². The molecule has 0 aliphatic heterocycles. The quantitative estimate of drug-likeness (QED) is 0.492. The maximum atomic E-state index is 11.4. The second-order valence-corrected chi connectivity index (χ2v) is 5.70. The molecule has 3 N–H and O–H groups in total. The van der Waals surface area contributed by atoms with Gasteiger partial charge < -0.3 is 20.5 Å². The fourth-order valence-corrected chi connectivity index (χ4v) is 1.87. The largest absolute Gasteiger partial charge is 0.480 e. The molecule has 0 spiro atoms. The molecule has 0 aliphatic carbocycles. The van der Waals surface area contributed by atoms with Crippen molar-refractivity contribution in [1.82, 2.24) is 10.6 Å². The first-order valence-electron chi connectivity index (χ1n) is 6.09. The Labute approximate surface area is 119 Å². The minimum Gasteiger partial charge on any atom is -0.480 e. The summed E-state index contributed by atoms with van der Waals surface area (Å²) >= 11 is 0. The van der Waals surface area contributed by atoms with Gasteiger partial charge in [0.1, 0.15) is 6.04 Å². The maximum absolute atomic E-state index is 11.4. The summed E-state index contributed by atoms with van der Waals surface area (Å²) in [5.41, 5.74) is 0. The molecule has 2 amide bonds. The molecule has 0 aromatic rings. The summed E-state index contributed by atoms with van der Waals surface area (Å²) in [5.74, 6) is -0.970. The zero-order chi connectivity index (χ0) is 15.5. The van der Waals surface area contributed by atoms with E-state index in [1.54, 1.807) is 6.92 Å². The first-order valence-corrected chi connectivity index (χ1v) is 7.58. The predicted molar refractivity (Wildman–Crippen MR) is 72.8 cm³/mol. The van der Waals surface area contributed by atoms with E-state index in [-0.39, 0.29) is 19.4 Å². The minimum atomic E-state index is -1.24. The van der Waals surface area contributed by atoms with E-state index in [4.69, 9.17) is 5.11 Å². The first-order chi connectivity index (χ1) is 9.40. The zero-order valence-electron chi connectivity index (χ0n) is 11.5. The van der Waals surface area contributed by atoms with Gasteiger partial charge in [-0.1, -0.05) is 6.92 Å². The summed E-state index contributed by atoms with van der Waals surface area (Å²) < 4.78 is 15.5. The lowest BCUT2D eigenvalue weighted by atomic mass is 10.1. The highest BCUT2D eigenvalue weighted by Gasteiger charge is 2.21. The Balaban J connectivity index is 4.11. The van der Waals surface area contributed by atoms with Crippen LogP contribution in [0.3, 0.4) is 0 Å². The van der Waals surface area contributed by atoms with E-state index >= 15 is 0 Å². The van der Waals surface area contributed by atoms with Crippen LogP contribution in [0.15, 0.2) is 0 Å². The van der Waals surface area contributed by atoms with E-state index in [1.165, 1.54) is 7.11 Å². The molecular formula is C11H20N2O6S. The molecule has 0 saturated heterocycles. The van der Waals surface area contributed by atoms with Crippen LogP contribution in [0.1, 0.15) is 19.8 Å². The second-order valence-electron chi connectivity index (χ2n) is 3.84. The molecule has 0 aromatic carbocycles. The standard InChI is InChI=1S/C11H20N2O6S/c1-3-20(18)7-6-12-11(17)13-8(10(15)16)4-5-9(14)19-2/h8H,3-7H2,1-2H3,(H,15,16)(H2,12,13,17)/t8-,20?/m1/s1. The molecule has 0 fully saturated rings. The number of carboxylic acid groups (broad SMARTS) is 1. The number of nitrogens with one attached hydrogen (secondary N) is 2. The number of rotatable bonds is 9. The molecule has 8 nitrogen and oxygen atoms in total. The maximum Gasteiger partial charge on any atom is 0.326 e. The van der Waals surface area contributed by atoms with Crippen molar-refractivity contribution >= 4 is 28.8 Å². The molecule has 0 saturated carbocycles. The summed E-state index contributed by atoms with van der Waals surface area (Å²) in [6, 6.07) is -1.85. The van der Waals surface area contributed by atoms with Gasteiger partial charge in [0, 0.05) is 35.3 Å². The Bertz CT molecular complexity index is 374. The highest BCUT2D eigenvalue weighted by atomic mass is 32.2. The lowest BCUT2D eigenvalue weighted by Gasteiger charge is -2.14. The van der Waals surface area contributed by atoms with Gasteiger partial charge in [-0.05, 0) is 6.42 Å². The van der Waals surface area contributed by atoms with Gasteiger partial charge in [-0.25, -0.2) is 9.59 Å². The molecule has 0 aromatic heterocycles. The molecule has 0 bridgehead atoms. The average Bonchev–Trinajstić information content (AvgIpc) is 2.42. The molecule has 116 valence electrons. The molecule has 20 heavy (non-hydrogen) atoms. The van der Waals surface area contributed by atoms with Crippen LogP contribution in [-0.2, 0) is 25.1 Å². The van der Waals surface area contributed by atoms with Gasteiger partial charge in [0.25, 0.3) is 0 Å². The third kappa shape index (κ3) is 8.46. The van der Waals surface area contributed by atoms with E-state index in [0.717, 1.165) is 0 Å². The Morgan fingerprint density at radius 3 is 2.50 bits per heavy atom. The monoisotopic (exact) mass is 308 g/mol. The predicted octanol–water partition coefficient (Wildman–Crippen LogP) is -0.539. The van der Waals surface area contributed by atoms with E-state index in [0.29, 0.717) is 11.5 Å². The average molecular weight is 308 g/mol. The van der Waals surface area contributed by atoms with Crippen LogP contribution in [0.25, 0.3) is 0 Å². The van der Waals surface area contributed by atoms with E-state index < -0.39 is 34.8 Å². The van der Waals surface area contributed by atoms with Crippen molar-refractivity contribution in [1.29, 1.82) is 0 Å². The third-order valence-electron chi connectivity index (χ3n) is 2.41.